The summed E-state index contributed by atoms with van der Waals surface area (Å²) in [6.07, 6.45) is 6.71. The normalized spacial score (nSPS) is 12.9. The fourth-order valence-electron chi connectivity index (χ4n) is 9.10. The lowest BCUT2D eigenvalue weighted by Crippen LogP contribution is -2.00. The minimum absolute atomic E-state index is 0.827. The van der Waals surface area contributed by atoms with Crippen molar-refractivity contribution in [3.63, 3.8) is 0 Å². The smallest absolute Gasteiger partial charge is 0.162 e. The number of para-hydroxylation sites is 4. The Labute approximate surface area is 316 Å². The van der Waals surface area contributed by atoms with Crippen LogP contribution in [0, 0.1) is 0 Å². The Morgan fingerprint density at radius 2 is 1.18 bits per heavy atom. The molecule has 0 amide bonds. The topological polar surface area (TPSA) is 35.9 Å². The maximum Gasteiger partial charge on any atom is 0.162 e. The molecule has 0 atom stereocenters. The van der Waals surface area contributed by atoms with Crippen LogP contribution in [0.15, 0.2) is 174 Å². The Morgan fingerprint density at radius 1 is 0.491 bits per heavy atom. The maximum absolute atomic E-state index is 6.53. The summed E-state index contributed by atoms with van der Waals surface area (Å²) in [7, 11) is 0. The van der Waals surface area contributed by atoms with Gasteiger partial charge in [0, 0.05) is 49.6 Å². The first-order chi connectivity index (χ1) is 27.3. The van der Waals surface area contributed by atoms with Gasteiger partial charge >= 0.3 is 0 Å². The van der Waals surface area contributed by atoms with Crippen molar-refractivity contribution in [2.24, 2.45) is 0 Å². The lowest BCUT2D eigenvalue weighted by atomic mass is 9.98. The molecule has 0 N–H and O–H groups in total. The number of pyridine rings is 1. The fourth-order valence-corrected chi connectivity index (χ4v) is 9.10. The number of aryl methyl sites for hydroxylation is 1. The number of furan rings is 1. The van der Waals surface area contributed by atoms with E-state index in [1.54, 1.807) is 0 Å². The van der Waals surface area contributed by atoms with Gasteiger partial charge in [0.05, 0.1) is 22.1 Å². The molecule has 1 aliphatic carbocycles. The number of benzene rings is 7. The lowest BCUT2D eigenvalue weighted by Gasteiger charge is -2.14. The number of nitrogens with zero attached hydrogens (tertiary/aromatic N) is 3. The summed E-state index contributed by atoms with van der Waals surface area (Å²) in [5.74, 6) is 0. The highest BCUT2D eigenvalue weighted by atomic mass is 16.3. The summed E-state index contributed by atoms with van der Waals surface area (Å²) in [4.78, 5) is 5.07. The number of allylic oxidation sites excluding steroid dienone is 1. The number of hydrogen-bond acceptors (Lipinski definition) is 2. The zero-order valence-corrected chi connectivity index (χ0v) is 29.9. The molecule has 12 rings (SSSR count). The second-order valence-electron chi connectivity index (χ2n) is 14.6. The Morgan fingerprint density at radius 3 is 2.07 bits per heavy atom. The predicted octanol–water partition coefficient (Wildman–Crippen LogP) is 13.5. The van der Waals surface area contributed by atoms with E-state index in [4.69, 9.17) is 9.40 Å². The van der Waals surface area contributed by atoms with Gasteiger partial charge in [-0.15, -0.1) is 0 Å². The highest BCUT2D eigenvalue weighted by molar-refractivity contribution is 6.15. The van der Waals surface area contributed by atoms with E-state index in [1.807, 2.05) is 18.2 Å². The Kier molecular flexibility index (Phi) is 6.43. The van der Waals surface area contributed by atoms with Crippen molar-refractivity contribution in [3.05, 3.63) is 181 Å². The van der Waals surface area contributed by atoms with Crippen molar-refractivity contribution in [1.82, 2.24) is 14.1 Å². The molecule has 0 fully saturated rings. The summed E-state index contributed by atoms with van der Waals surface area (Å²) in [6, 6.07) is 59.0. The maximum atomic E-state index is 6.53. The van der Waals surface area contributed by atoms with Crippen molar-refractivity contribution in [2.75, 3.05) is 0 Å². The molecular weight excluding hydrogens is 671 g/mol. The Hall–Kier alpha value is -7.17. The van der Waals surface area contributed by atoms with E-state index < -0.39 is 0 Å². The molecule has 7 aromatic carbocycles. The monoisotopic (exact) mass is 703 g/mol. The molecule has 0 saturated heterocycles. The molecule has 4 nitrogen and oxygen atoms in total. The molecule has 0 bridgehead atoms. The summed E-state index contributed by atoms with van der Waals surface area (Å²) in [5.41, 5.74) is 16.8. The molecule has 11 aromatic rings. The van der Waals surface area contributed by atoms with E-state index >= 15 is 0 Å². The zero-order valence-electron chi connectivity index (χ0n) is 29.9. The van der Waals surface area contributed by atoms with Crippen molar-refractivity contribution in [1.29, 1.82) is 0 Å². The third kappa shape index (κ3) is 4.49. The van der Waals surface area contributed by atoms with Crippen LogP contribution in [0.3, 0.4) is 0 Å². The number of hydrogen-bond donors (Lipinski definition) is 0. The molecule has 0 unspecified atom stereocenters. The molecule has 4 heterocycles. The third-order valence-corrected chi connectivity index (χ3v) is 11.6. The number of fused-ring (bicyclic) bond motifs is 10. The molecule has 0 spiro atoms. The molecule has 1 aliphatic rings. The van der Waals surface area contributed by atoms with Crippen LogP contribution in [0.25, 0.3) is 105 Å². The van der Waals surface area contributed by atoms with Crippen LogP contribution in [0.5, 0.6) is 0 Å². The molecule has 0 radical (unpaired) electrons. The average molecular weight is 704 g/mol. The van der Waals surface area contributed by atoms with E-state index in [0.29, 0.717) is 0 Å². The van der Waals surface area contributed by atoms with Crippen LogP contribution < -0.4 is 0 Å². The third-order valence-electron chi connectivity index (χ3n) is 11.6. The van der Waals surface area contributed by atoms with Gasteiger partial charge < -0.3 is 13.6 Å². The van der Waals surface area contributed by atoms with Crippen LogP contribution in [0.2, 0.25) is 0 Å². The summed E-state index contributed by atoms with van der Waals surface area (Å²) < 4.78 is 11.4. The summed E-state index contributed by atoms with van der Waals surface area (Å²) >= 11 is 0. The first-order valence-electron chi connectivity index (χ1n) is 19.0. The Balaban J connectivity index is 1.02. The Bertz CT molecular complexity index is 3360. The van der Waals surface area contributed by atoms with Crippen LogP contribution in [-0.4, -0.2) is 14.1 Å². The van der Waals surface area contributed by atoms with Gasteiger partial charge in [-0.1, -0.05) is 103 Å². The van der Waals surface area contributed by atoms with E-state index in [-0.39, 0.29) is 0 Å². The van der Waals surface area contributed by atoms with Gasteiger partial charge in [0.1, 0.15) is 11.1 Å². The van der Waals surface area contributed by atoms with E-state index in [1.165, 1.54) is 60.8 Å². The van der Waals surface area contributed by atoms with E-state index in [0.717, 1.165) is 62.6 Å². The molecule has 55 heavy (non-hydrogen) atoms. The van der Waals surface area contributed by atoms with Crippen LogP contribution in [-0.2, 0) is 6.42 Å². The molecular formula is C51H33N3O. The first-order valence-corrected chi connectivity index (χ1v) is 19.0. The molecule has 0 aliphatic heterocycles. The van der Waals surface area contributed by atoms with Crippen molar-refractivity contribution in [3.8, 4) is 33.6 Å². The first kappa shape index (κ1) is 30.3. The average Bonchev–Trinajstić information content (AvgIpc) is 3.90. The largest absolute Gasteiger partial charge is 0.454 e. The summed E-state index contributed by atoms with van der Waals surface area (Å²) in [5, 5.41) is 5.96. The minimum Gasteiger partial charge on any atom is -0.454 e. The molecule has 4 heteroatoms. The standard InChI is InChI=1S/C51H33N3O/c1-2-12-35(13-3-1)53-45-20-10-6-15-38(45)42-30-33(25-29-46(42)53)34-24-28-39-37-14-5-9-19-44(37)54(47(39)31-34)36-26-22-32(23-27-36)49-40-16-4-8-18-43(40)52-50-41-17-7-11-21-48(41)55-51(49)50/h1-4,6-13,15-31H,5,14H2. The lowest BCUT2D eigenvalue weighted by molar-refractivity contribution is 0.670. The molecule has 0 saturated carbocycles. The van der Waals surface area contributed by atoms with Gasteiger partial charge in [-0.25, -0.2) is 4.98 Å². The van der Waals surface area contributed by atoms with Crippen molar-refractivity contribution < 1.29 is 4.42 Å². The van der Waals surface area contributed by atoms with Crippen LogP contribution in [0.1, 0.15) is 17.7 Å². The molecule has 4 aromatic heterocycles. The van der Waals surface area contributed by atoms with E-state index in [9.17, 15) is 0 Å². The van der Waals surface area contributed by atoms with Gasteiger partial charge in [0.15, 0.2) is 5.58 Å². The second-order valence-corrected chi connectivity index (χ2v) is 14.6. The zero-order chi connectivity index (χ0) is 36.0. The predicted molar refractivity (Wildman–Crippen MR) is 228 cm³/mol. The van der Waals surface area contributed by atoms with Gasteiger partial charge in [-0.2, -0.15) is 0 Å². The van der Waals surface area contributed by atoms with Crippen LogP contribution >= 0.6 is 0 Å². The van der Waals surface area contributed by atoms with E-state index in [2.05, 4.69) is 167 Å². The van der Waals surface area contributed by atoms with Gasteiger partial charge in [0.2, 0.25) is 0 Å². The minimum atomic E-state index is 0.827. The second kappa shape index (κ2) is 11.7. The van der Waals surface area contributed by atoms with Gasteiger partial charge in [-0.05, 0) is 108 Å². The SMILES string of the molecule is C1=Cc2c(c3ccc(-c4ccc5c(c4)c4ccccc4n5-c4ccccc4)cc3n2-c2ccc(-c3c4ccccc4nc4c3oc3ccccc34)cc2)CC1. The molecule has 258 valence electrons. The number of rotatable bonds is 4. The fraction of sp³-hybridized carbons (Fsp3) is 0.0392. The van der Waals surface area contributed by atoms with Crippen molar-refractivity contribution >= 4 is 71.8 Å². The van der Waals surface area contributed by atoms with Crippen molar-refractivity contribution in [2.45, 2.75) is 12.8 Å². The quantitative estimate of drug-likeness (QED) is 0.183. The highest BCUT2D eigenvalue weighted by Crippen LogP contribution is 2.42. The van der Waals surface area contributed by atoms with Gasteiger partial charge in [-0.3, -0.25) is 0 Å². The number of aromatic nitrogens is 3. The van der Waals surface area contributed by atoms with Gasteiger partial charge in [0.25, 0.3) is 0 Å². The van der Waals surface area contributed by atoms with Crippen LogP contribution in [0.4, 0.5) is 0 Å². The highest BCUT2D eigenvalue weighted by Gasteiger charge is 2.22. The summed E-state index contributed by atoms with van der Waals surface area (Å²) in [6.45, 7) is 0.